The number of aromatic nitrogens is 4. The van der Waals surface area contributed by atoms with E-state index < -0.39 is 0 Å². The molecule has 0 radical (unpaired) electrons. The normalized spacial score (nSPS) is 11.5. The van der Waals surface area contributed by atoms with E-state index in [9.17, 15) is 0 Å². The molecular weight excluding hydrogens is 633 g/mol. The van der Waals surface area contributed by atoms with Crippen LogP contribution < -0.4 is 0 Å². The Labute approximate surface area is 301 Å². The zero-order valence-electron chi connectivity index (χ0n) is 28.3. The van der Waals surface area contributed by atoms with Crippen LogP contribution in [-0.2, 0) is 0 Å². The first-order chi connectivity index (χ1) is 25.8. The van der Waals surface area contributed by atoms with Gasteiger partial charge in [0.25, 0.3) is 0 Å². The Bertz CT molecular complexity index is 2890. The summed E-state index contributed by atoms with van der Waals surface area (Å²) >= 11 is 0. The maximum absolute atomic E-state index is 5.20. The first-order valence-corrected chi connectivity index (χ1v) is 17.6. The molecule has 10 rings (SSSR count). The van der Waals surface area contributed by atoms with Gasteiger partial charge in [0.15, 0.2) is 5.82 Å². The fourth-order valence-electron chi connectivity index (χ4n) is 7.54. The van der Waals surface area contributed by atoms with Crippen molar-refractivity contribution in [2.75, 3.05) is 0 Å². The predicted octanol–water partition coefficient (Wildman–Crippen LogP) is 12.2. The third-order valence-corrected chi connectivity index (χ3v) is 9.91. The van der Waals surface area contributed by atoms with Crippen molar-refractivity contribution in [3.8, 4) is 61.8 Å². The third kappa shape index (κ3) is 5.00. The SMILES string of the molecule is c1ccc(-c2cccc(-c3cc(-c4cccc(-n5c6ccccc6n6c7ccccc7c(-c7ccccc7)c56)c4)nc(-c4ccccc4)n3)c2)cc1. The van der Waals surface area contributed by atoms with Crippen LogP contribution in [-0.4, -0.2) is 18.9 Å². The van der Waals surface area contributed by atoms with Gasteiger partial charge in [0.1, 0.15) is 5.65 Å². The second-order valence-corrected chi connectivity index (χ2v) is 13.1. The standard InChI is InChI=1S/C48H32N4/c1-4-16-33(17-5-1)36-22-14-23-37(30-36)41-32-42(50-47(49-41)35-20-8-3-9-21-35)38-24-15-25-39(31-38)51-44-28-12-13-29-45(44)52-43-27-11-10-26-40(43)46(48(51)52)34-18-6-2-7-19-34/h1-32H. The molecule has 0 saturated carbocycles. The molecule has 4 heteroatoms. The van der Waals surface area contributed by atoms with Crippen molar-refractivity contribution < 1.29 is 0 Å². The van der Waals surface area contributed by atoms with Crippen LogP contribution in [0.15, 0.2) is 194 Å². The van der Waals surface area contributed by atoms with E-state index in [1.165, 1.54) is 27.6 Å². The molecule has 0 bridgehead atoms. The van der Waals surface area contributed by atoms with E-state index >= 15 is 0 Å². The highest BCUT2D eigenvalue weighted by Gasteiger charge is 2.22. The second kappa shape index (κ2) is 12.4. The molecular formula is C48H32N4. The molecule has 0 spiro atoms. The maximum Gasteiger partial charge on any atom is 0.160 e. The monoisotopic (exact) mass is 664 g/mol. The molecule has 0 aliphatic heterocycles. The number of hydrogen-bond donors (Lipinski definition) is 0. The first-order valence-electron chi connectivity index (χ1n) is 17.6. The first kappa shape index (κ1) is 29.8. The minimum Gasteiger partial charge on any atom is -0.293 e. The van der Waals surface area contributed by atoms with Crippen molar-refractivity contribution >= 4 is 27.6 Å². The van der Waals surface area contributed by atoms with E-state index in [0.29, 0.717) is 5.82 Å². The van der Waals surface area contributed by atoms with Gasteiger partial charge >= 0.3 is 0 Å². The summed E-state index contributed by atoms with van der Waals surface area (Å²) in [4.78, 5) is 10.3. The molecule has 0 saturated heterocycles. The Kier molecular flexibility index (Phi) is 7.10. The van der Waals surface area contributed by atoms with Gasteiger partial charge in [-0.25, -0.2) is 9.97 Å². The summed E-state index contributed by atoms with van der Waals surface area (Å²) in [6.45, 7) is 0. The average Bonchev–Trinajstić information content (AvgIpc) is 3.74. The zero-order valence-corrected chi connectivity index (χ0v) is 28.3. The van der Waals surface area contributed by atoms with Crippen LogP contribution >= 0.6 is 0 Å². The average molecular weight is 665 g/mol. The minimum absolute atomic E-state index is 0.696. The summed E-state index contributed by atoms with van der Waals surface area (Å²) in [5.41, 5.74) is 15.2. The van der Waals surface area contributed by atoms with Gasteiger partial charge in [0, 0.05) is 33.3 Å². The molecule has 244 valence electrons. The van der Waals surface area contributed by atoms with E-state index in [-0.39, 0.29) is 0 Å². The van der Waals surface area contributed by atoms with Gasteiger partial charge in [-0.15, -0.1) is 0 Å². The van der Waals surface area contributed by atoms with Crippen molar-refractivity contribution in [3.05, 3.63) is 194 Å². The summed E-state index contributed by atoms with van der Waals surface area (Å²) in [6, 6.07) is 68.4. The largest absolute Gasteiger partial charge is 0.293 e. The summed E-state index contributed by atoms with van der Waals surface area (Å²) in [5.74, 6) is 0.696. The number of imidazole rings is 1. The summed E-state index contributed by atoms with van der Waals surface area (Å²) in [5, 5.41) is 1.23. The van der Waals surface area contributed by atoms with Crippen molar-refractivity contribution in [3.63, 3.8) is 0 Å². The lowest BCUT2D eigenvalue weighted by Crippen LogP contribution is -1.98. The molecule has 0 fully saturated rings. The van der Waals surface area contributed by atoms with Gasteiger partial charge < -0.3 is 0 Å². The Hall–Kier alpha value is -7.04. The fraction of sp³-hybridized carbons (Fsp3) is 0. The number of nitrogens with zero attached hydrogens (tertiary/aromatic N) is 4. The molecule has 3 heterocycles. The highest BCUT2D eigenvalue weighted by Crippen LogP contribution is 2.41. The van der Waals surface area contributed by atoms with Crippen molar-refractivity contribution in [2.45, 2.75) is 0 Å². The van der Waals surface area contributed by atoms with E-state index in [2.05, 4.69) is 179 Å². The van der Waals surface area contributed by atoms with E-state index in [1.54, 1.807) is 0 Å². The van der Waals surface area contributed by atoms with Crippen LogP contribution in [0.5, 0.6) is 0 Å². The van der Waals surface area contributed by atoms with Crippen LogP contribution in [0.1, 0.15) is 0 Å². The molecule has 3 aromatic heterocycles. The van der Waals surface area contributed by atoms with Crippen LogP contribution in [0.3, 0.4) is 0 Å². The lowest BCUT2D eigenvalue weighted by Gasteiger charge is -2.13. The smallest absolute Gasteiger partial charge is 0.160 e. The maximum atomic E-state index is 5.20. The highest BCUT2D eigenvalue weighted by molar-refractivity contribution is 6.09. The number of benzene rings is 7. The molecule has 0 aliphatic carbocycles. The quantitative estimate of drug-likeness (QED) is 0.177. The van der Waals surface area contributed by atoms with Crippen LogP contribution in [0.25, 0.3) is 89.4 Å². The number of fused-ring (bicyclic) bond motifs is 5. The lowest BCUT2D eigenvalue weighted by atomic mass is 10.0. The number of para-hydroxylation sites is 3. The van der Waals surface area contributed by atoms with E-state index in [1.807, 2.05) is 24.3 Å². The lowest BCUT2D eigenvalue weighted by molar-refractivity contribution is 1.14. The summed E-state index contributed by atoms with van der Waals surface area (Å²) < 4.78 is 4.82. The van der Waals surface area contributed by atoms with E-state index in [0.717, 1.165) is 56.0 Å². The Morgan fingerprint density at radius 3 is 1.58 bits per heavy atom. The highest BCUT2D eigenvalue weighted by atomic mass is 15.1. The van der Waals surface area contributed by atoms with Crippen molar-refractivity contribution in [1.82, 2.24) is 18.9 Å². The van der Waals surface area contributed by atoms with Gasteiger partial charge in [-0.2, -0.15) is 0 Å². The molecule has 4 nitrogen and oxygen atoms in total. The summed E-state index contributed by atoms with van der Waals surface area (Å²) in [6.07, 6.45) is 0. The molecule has 0 amide bonds. The molecule has 0 unspecified atom stereocenters. The Morgan fingerprint density at radius 1 is 0.346 bits per heavy atom. The molecule has 0 N–H and O–H groups in total. The molecule has 0 atom stereocenters. The molecule has 52 heavy (non-hydrogen) atoms. The van der Waals surface area contributed by atoms with E-state index in [4.69, 9.17) is 9.97 Å². The Morgan fingerprint density at radius 2 is 0.865 bits per heavy atom. The summed E-state index contributed by atoms with van der Waals surface area (Å²) in [7, 11) is 0. The van der Waals surface area contributed by atoms with Crippen LogP contribution in [0, 0.1) is 0 Å². The molecule has 10 aromatic rings. The number of rotatable bonds is 6. The van der Waals surface area contributed by atoms with Gasteiger partial charge in [-0.05, 0) is 59.2 Å². The molecule has 7 aromatic carbocycles. The van der Waals surface area contributed by atoms with Gasteiger partial charge in [0.05, 0.1) is 27.9 Å². The predicted molar refractivity (Wildman–Crippen MR) is 215 cm³/mol. The Balaban J connectivity index is 1.20. The van der Waals surface area contributed by atoms with Gasteiger partial charge in [-0.3, -0.25) is 8.97 Å². The molecule has 0 aliphatic rings. The van der Waals surface area contributed by atoms with Crippen molar-refractivity contribution in [1.29, 1.82) is 0 Å². The number of hydrogen-bond acceptors (Lipinski definition) is 2. The zero-order chi connectivity index (χ0) is 34.4. The van der Waals surface area contributed by atoms with Gasteiger partial charge in [-0.1, -0.05) is 152 Å². The van der Waals surface area contributed by atoms with Crippen LogP contribution in [0.2, 0.25) is 0 Å². The fourth-order valence-corrected chi connectivity index (χ4v) is 7.54. The second-order valence-electron chi connectivity index (χ2n) is 13.1. The van der Waals surface area contributed by atoms with Gasteiger partial charge in [0.2, 0.25) is 0 Å². The topological polar surface area (TPSA) is 35.1 Å². The third-order valence-electron chi connectivity index (χ3n) is 9.91. The minimum atomic E-state index is 0.696. The van der Waals surface area contributed by atoms with Crippen LogP contribution in [0.4, 0.5) is 0 Å². The van der Waals surface area contributed by atoms with Crippen molar-refractivity contribution in [2.24, 2.45) is 0 Å².